The molecular weight excluding hydrogens is 252 g/mol. The summed E-state index contributed by atoms with van der Waals surface area (Å²) in [4.78, 5) is 4.56. The number of aromatic nitrogens is 1. The summed E-state index contributed by atoms with van der Waals surface area (Å²) in [5.74, 6) is 1.75. The van der Waals surface area contributed by atoms with Gasteiger partial charge in [-0.15, -0.1) is 0 Å². The Morgan fingerprint density at radius 3 is 2.75 bits per heavy atom. The zero-order chi connectivity index (χ0) is 13.9. The predicted octanol–water partition coefficient (Wildman–Crippen LogP) is 2.68. The molecule has 1 aliphatic heterocycles. The van der Waals surface area contributed by atoms with Crippen LogP contribution in [0.5, 0.6) is 11.5 Å². The Bertz CT molecular complexity index is 607. The number of hydrogen-bond donors (Lipinski definition) is 1. The van der Waals surface area contributed by atoms with Gasteiger partial charge in [0.1, 0.15) is 17.6 Å². The fourth-order valence-electron chi connectivity index (χ4n) is 2.62. The smallest absolute Gasteiger partial charge is 0.131 e. The lowest BCUT2D eigenvalue weighted by molar-refractivity contribution is 0.164. The lowest BCUT2D eigenvalue weighted by Gasteiger charge is -2.24. The summed E-state index contributed by atoms with van der Waals surface area (Å²) in [6, 6.07) is 7.93. The summed E-state index contributed by atoms with van der Waals surface area (Å²) in [6.07, 6.45) is 2.38. The molecule has 2 heterocycles. The average molecular weight is 272 g/mol. The second-order valence-electron chi connectivity index (χ2n) is 5.21. The average Bonchev–Trinajstić information content (AvgIpc) is 2.48. The number of ether oxygens (including phenoxy) is 2. The summed E-state index contributed by atoms with van der Waals surface area (Å²) < 4.78 is 11.5. The Labute approximate surface area is 119 Å². The van der Waals surface area contributed by atoms with Crippen molar-refractivity contribution in [3.63, 3.8) is 0 Å². The van der Waals surface area contributed by atoms with Gasteiger partial charge in [0.25, 0.3) is 0 Å². The topological polar surface area (TPSA) is 43.4 Å². The molecule has 0 saturated carbocycles. The Balaban J connectivity index is 1.98. The molecule has 0 spiro atoms. The van der Waals surface area contributed by atoms with Gasteiger partial charge in [-0.1, -0.05) is 0 Å². The van der Waals surface area contributed by atoms with Crippen molar-refractivity contribution in [2.45, 2.75) is 25.9 Å². The molecule has 20 heavy (non-hydrogen) atoms. The predicted molar refractivity (Wildman–Crippen MR) is 79.6 cm³/mol. The van der Waals surface area contributed by atoms with E-state index in [0.717, 1.165) is 54.0 Å². The number of piperidine rings is 1. The fourth-order valence-corrected chi connectivity index (χ4v) is 2.62. The molecule has 106 valence electrons. The first-order chi connectivity index (χ1) is 9.76. The van der Waals surface area contributed by atoms with Crippen molar-refractivity contribution in [2.24, 2.45) is 0 Å². The minimum absolute atomic E-state index is 0.285. The summed E-state index contributed by atoms with van der Waals surface area (Å²) in [6.45, 7) is 4.05. The molecule has 0 aliphatic carbocycles. The van der Waals surface area contributed by atoms with Crippen molar-refractivity contribution in [1.29, 1.82) is 0 Å². The van der Waals surface area contributed by atoms with Gasteiger partial charge in [-0.2, -0.15) is 0 Å². The molecule has 1 fully saturated rings. The Kier molecular flexibility index (Phi) is 3.74. The van der Waals surface area contributed by atoms with Crippen molar-refractivity contribution in [3.05, 3.63) is 30.0 Å². The van der Waals surface area contributed by atoms with Gasteiger partial charge in [0, 0.05) is 17.1 Å². The summed E-state index contributed by atoms with van der Waals surface area (Å²) in [5.41, 5.74) is 1.93. The molecule has 4 nitrogen and oxygen atoms in total. The molecule has 1 aromatic heterocycles. The number of methoxy groups -OCH3 is 1. The van der Waals surface area contributed by atoms with Gasteiger partial charge in [0.2, 0.25) is 0 Å². The van der Waals surface area contributed by atoms with Gasteiger partial charge in [0.05, 0.1) is 12.6 Å². The van der Waals surface area contributed by atoms with Crippen LogP contribution >= 0.6 is 0 Å². The molecule has 3 rings (SSSR count). The van der Waals surface area contributed by atoms with E-state index < -0.39 is 0 Å². The second kappa shape index (κ2) is 5.67. The van der Waals surface area contributed by atoms with E-state index in [4.69, 9.17) is 9.47 Å². The van der Waals surface area contributed by atoms with Gasteiger partial charge in [-0.3, -0.25) is 4.98 Å². The maximum atomic E-state index is 6.21. The van der Waals surface area contributed by atoms with Crippen molar-refractivity contribution in [2.75, 3.05) is 20.2 Å². The second-order valence-corrected chi connectivity index (χ2v) is 5.21. The molecule has 0 bridgehead atoms. The third kappa shape index (κ3) is 2.70. The molecule has 0 unspecified atom stereocenters. The van der Waals surface area contributed by atoms with Crippen LogP contribution in [0.25, 0.3) is 10.9 Å². The van der Waals surface area contributed by atoms with Crippen molar-refractivity contribution in [1.82, 2.24) is 10.3 Å². The lowest BCUT2D eigenvalue weighted by atomic mass is 10.1. The van der Waals surface area contributed by atoms with E-state index in [1.54, 1.807) is 7.11 Å². The van der Waals surface area contributed by atoms with Gasteiger partial charge >= 0.3 is 0 Å². The molecule has 0 radical (unpaired) electrons. The number of rotatable bonds is 3. The van der Waals surface area contributed by atoms with Crippen LogP contribution in [-0.4, -0.2) is 31.3 Å². The summed E-state index contributed by atoms with van der Waals surface area (Å²) in [5, 5.41) is 4.38. The highest BCUT2D eigenvalue weighted by Gasteiger charge is 2.16. The van der Waals surface area contributed by atoms with Crippen LogP contribution in [0, 0.1) is 6.92 Å². The third-order valence-electron chi connectivity index (χ3n) is 3.69. The van der Waals surface area contributed by atoms with E-state index in [9.17, 15) is 0 Å². The maximum absolute atomic E-state index is 6.21. The van der Waals surface area contributed by atoms with E-state index in [1.807, 2.05) is 31.2 Å². The number of aryl methyl sites for hydroxylation is 1. The zero-order valence-electron chi connectivity index (χ0n) is 12.0. The van der Waals surface area contributed by atoms with E-state index >= 15 is 0 Å². The highest BCUT2D eigenvalue weighted by molar-refractivity contribution is 5.86. The first kappa shape index (κ1) is 13.2. The Hall–Kier alpha value is -1.81. The molecule has 2 aromatic rings. The molecule has 0 amide bonds. The highest BCUT2D eigenvalue weighted by Crippen LogP contribution is 2.30. The van der Waals surface area contributed by atoms with Gasteiger partial charge in [0.15, 0.2) is 0 Å². The third-order valence-corrected chi connectivity index (χ3v) is 3.69. The highest BCUT2D eigenvalue weighted by atomic mass is 16.5. The number of pyridine rings is 1. The van der Waals surface area contributed by atoms with Crippen LogP contribution in [0.1, 0.15) is 18.5 Å². The van der Waals surface area contributed by atoms with Crippen LogP contribution in [0.15, 0.2) is 24.3 Å². The quantitative estimate of drug-likeness (QED) is 0.933. The SMILES string of the molecule is COc1ccc2nc(C)cc(OC3CCNCC3)c2c1. The standard InChI is InChI=1S/C16H20N2O2/c1-11-9-16(20-12-5-7-17-8-6-12)14-10-13(19-2)3-4-15(14)18-11/h3-4,9-10,12,17H,5-8H2,1-2H3. The fraction of sp³-hybridized carbons (Fsp3) is 0.438. The number of nitrogens with zero attached hydrogens (tertiary/aromatic N) is 1. The molecule has 1 aromatic carbocycles. The van der Waals surface area contributed by atoms with Crippen LogP contribution in [0.3, 0.4) is 0 Å². The first-order valence-electron chi connectivity index (χ1n) is 7.09. The minimum Gasteiger partial charge on any atom is -0.497 e. The normalized spacial score (nSPS) is 16.3. The molecule has 1 N–H and O–H groups in total. The molecule has 0 atom stereocenters. The first-order valence-corrected chi connectivity index (χ1v) is 7.09. The molecule has 1 aliphatic rings. The number of hydrogen-bond acceptors (Lipinski definition) is 4. The van der Waals surface area contributed by atoms with E-state index in [0.29, 0.717) is 0 Å². The van der Waals surface area contributed by atoms with Crippen molar-refractivity contribution >= 4 is 10.9 Å². The minimum atomic E-state index is 0.285. The number of fused-ring (bicyclic) bond motifs is 1. The van der Waals surface area contributed by atoms with Gasteiger partial charge in [-0.05, 0) is 51.1 Å². The monoisotopic (exact) mass is 272 g/mol. The number of nitrogens with one attached hydrogen (secondary N) is 1. The lowest BCUT2D eigenvalue weighted by Crippen LogP contribution is -2.34. The zero-order valence-corrected chi connectivity index (χ0v) is 12.0. The van der Waals surface area contributed by atoms with E-state index in [1.165, 1.54) is 0 Å². The van der Waals surface area contributed by atoms with Crippen molar-refractivity contribution in [3.8, 4) is 11.5 Å². The van der Waals surface area contributed by atoms with Gasteiger partial charge < -0.3 is 14.8 Å². The van der Waals surface area contributed by atoms with E-state index in [2.05, 4.69) is 10.3 Å². The van der Waals surface area contributed by atoms with Crippen molar-refractivity contribution < 1.29 is 9.47 Å². The maximum Gasteiger partial charge on any atom is 0.131 e. The Morgan fingerprint density at radius 2 is 2.00 bits per heavy atom. The molecule has 4 heteroatoms. The number of benzene rings is 1. The molecule has 1 saturated heterocycles. The van der Waals surface area contributed by atoms with Crippen LogP contribution in [0.4, 0.5) is 0 Å². The van der Waals surface area contributed by atoms with Crippen LogP contribution in [-0.2, 0) is 0 Å². The van der Waals surface area contributed by atoms with Crippen LogP contribution < -0.4 is 14.8 Å². The summed E-state index contributed by atoms with van der Waals surface area (Å²) in [7, 11) is 1.68. The largest absolute Gasteiger partial charge is 0.497 e. The Morgan fingerprint density at radius 1 is 1.20 bits per heavy atom. The van der Waals surface area contributed by atoms with E-state index in [-0.39, 0.29) is 6.10 Å². The van der Waals surface area contributed by atoms with Gasteiger partial charge in [-0.25, -0.2) is 0 Å². The van der Waals surface area contributed by atoms with Crippen LogP contribution in [0.2, 0.25) is 0 Å². The summed E-state index contributed by atoms with van der Waals surface area (Å²) >= 11 is 0. The molecular formula is C16H20N2O2.